The van der Waals surface area contributed by atoms with E-state index in [1.807, 2.05) is 0 Å². The van der Waals surface area contributed by atoms with Crippen LogP contribution in [0.15, 0.2) is 40.8 Å². The van der Waals surface area contributed by atoms with Crippen molar-refractivity contribution in [3.63, 3.8) is 0 Å². The maximum atomic E-state index is 12.8. The van der Waals surface area contributed by atoms with Gasteiger partial charge in [0.25, 0.3) is 5.91 Å². The number of furan rings is 1. The van der Waals surface area contributed by atoms with Crippen molar-refractivity contribution < 1.29 is 23.4 Å². The summed E-state index contributed by atoms with van der Waals surface area (Å²) in [6, 6.07) is 8.93. The average molecular weight is 293 g/mol. The molecule has 0 aliphatic rings. The number of carbonyl (C=O) groups excluding carboxylic acids is 1. The fourth-order valence-corrected chi connectivity index (χ4v) is 1.78. The largest absolute Gasteiger partial charge is 0.451 e. The van der Waals surface area contributed by atoms with E-state index in [1.165, 1.54) is 25.3 Å². The predicted molar refractivity (Wildman–Crippen MR) is 74.3 cm³/mol. The number of benzene rings is 1. The molecule has 5 nitrogen and oxygen atoms in total. The minimum Gasteiger partial charge on any atom is -0.451 e. The Hall–Kier alpha value is -2.18. The molecule has 0 saturated heterocycles. The van der Waals surface area contributed by atoms with E-state index < -0.39 is 12.0 Å². The summed E-state index contributed by atoms with van der Waals surface area (Å²) in [5, 5.41) is 12.0. The molecule has 1 aromatic carbocycles. The summed E-state index contributed by atoms with van der Waals surface area (Å²) in [7, 11) is 1.46. The van der Waals surface area contributed by atoms with Crippen molar-refractivity contribution in [1.29, 1.82) is 0 Å². The van der Waals surface area contributed by atoms with E-state index in [0.29, 0.717) is 11.3 Å². The first-order chi connectivity index (χ1) is 10.1. The number of nitrogens with one attached hydrogen (secondary N) is 1. The van der Waals surface area contributed by atoms with Crippen LogP contribution in [0.1, 0.15) is 10.6 Å². The lowest BCUT2D eigenvalue weighted by atomic mass is 10.2. The molecular formula is C15H16FNO4. The molecule has 0 saturated carbocycles. The Kier molecular flexibility index (Phi) is 5.08. The number of hydrogen-bond acceptors (Lipinski definition) is 4. The number of carbonyl (C=O) groups is 1. The zero-order chi connectivity index (χ0) is 15.2. The molecule has 0 aliphatic carbocycles. The number of amides is 1. The standard InChI is InChI=1S/C15H16FNO4/c1-20-9-12(18)8-17-15(19)14-7-6-13(21-14)10-2-4-11(16)5-3-10/h2-7,12,18H,8-9H2,1H3,(H,17,19). The Morgan fingerprint density at radius 2 is 2.05 bits per heavy atom. The molecule has 0 spiro atoms. The van der Waals surface area contributed by atoms with E-state index in [4.69, 9.17) is 9.15 Å². The van der Waals surface area contributed by atoms with Crippen LogP contribution in [0.4, 0.5) is 4.39 Å². The van der Waals surface area contributed by atoms with E-state index in [2.05, 4.69) is 5.32 Å². The third kappa shape index (κ3) is 4.14. The van der Waals surface area contributed by atoms with Crippen molar-refractivity contribution in [3.05, 3.63) is 48.0 Å². The van der Waals surface area contributed by atoms with Crippen LogP contribution >= 0.6 is 0 Å². The Morgan fingerprint density at radius 1 is 1.33 bits per heavy atom. The highest BCUT2D eigenvalue weighted by molar-refractivity contribution is 5.92. The number of ether oxygens (including phenoxy) is 1. The molecule has 6 heteroatoms. The third-order valence-electron chi connectivity index (χ3n) is 2.82. The summed E-state index contributed by atoms with van der Waals surface area (Å²) in [6.07, 6.45) is -0.773. The van der Waals surface area contributed by atoms with Crippen LogP contribution in [0, 0.1) is 5.82 Å². The molecule has 1 aromatic heterocycles. The zero-order valence-corrected chi connectivity index (χ0v) is 11.5. The van der Waals surface area contributed by atoms with Crippen molar-refractivity contribution in [2.45, 2.75) is 6.10 Å². The lowest BCUT2D eigenvalue weighted by Crippen LogP contribution is -2.34. The highest BCUT2D eigenvalue weighted by atomic mass is 19.1. The molecule has 0 radical (unpaired) electrons. The lowest BCUT2D eigenvalue weighted by molar-refractivity contribution is 0.0603. The Bertz CT molecular complexity index is 594. The number of aliphatic hydroxyl groups is 1. The van der Waals surface area contributed by atoms with Crippen molar-refractivity contribution in [2.24, 2.45) is 0 Å². The first-order valence-corrected chi connectivity index (χ1v) is 6.41. The molecule has 1 heterocycles. The summed E-state index contributed by atoms with van der Waals surface area (Å²) < 4.78 is 23.0. The van der Waals surface area contributed by atoms with Crippen LogP contribution in [0.5, 0.6) is 0 Å². The van der Waals surface area contributed by atoms with Crippen LogP contribution in [0.2, 0.25) is 0 Å². The normalized spacial score (nSPS) is 12.1. The van der Waals surface area contributed by atoms with Crippen LogP contribution < -0.4 is 5.32 Å². The van der Waals surface area contributed by atoms with Crippen LogP contribution in [0.25, 0.3) is 11.3 Å². The van der Waals surface area contributed by atoms with Gasteiger partial charge in [0, 0.05) is 19.2 Å². The van der Waals surface area contributed by atoms with E-state index in [1.54, 1.807) is 18.2 Å². The molecule has 1 unspecified atom stereocenters. The van der Waals surface area contributed by atoms with E-state index in [-0.39, 0.29) is 24.7 Å². The Morgan fingerprint density at radius 3 is 2.71 bits per heavy atom. The summed E-state index contributed by atoms with van der Waals surface area (Å²) >= 11 is 0. The highest BCUT2D eigenvalue weighted by Crippen LogP contribution is 2.22. The number of halogens is 1. The molecule has 0 bridgehead atoms. The van der Waals surface area contributed by atoms with Gasteiger partial charge in [-0.25, -0.2) is 4.39 Å². The predicted octanol–water partition coefficient (Wildman–Crippen LogP) is 1.82. The molecule has 1 amide bonds. The van der Waals surface area contributed by atoms with Gasteiger partial charge in [-0.3, -0.25) is 4.79 Å². The Labute approximate surface area is 121 Å². The highest BCUT2D eigenvalue weighted by Gasteiger charge is 2.13. The number of methoxy groups -OCH3 is 1. The molecule has 2 rings (SSSR count). The molecule has 0 fully saturated rings. The number of hydrogen-bond donors (Lipinski definition) is 2. The first-order valence-electron chi connectivity index (χ1n) is 6.41. The van der Waals surface area contributed by atoms with E-state index in [0.717, 1.165) is 0 Å². The van der Waals surface area contributed by atoms with Gasteiger partial charge in [0.15, 0.2) is 5.76 Å². The monoisotopic (exact) mass is 293 g/mol. The quantitative estimate of drug-likeness (QED) is 0.852. The lowest BCUT2D eigenvalue weighted by Gasteiger charge is -2.09. The van der Waals surface area contributed by atoms with Gasteiger partial charge in [0.1, 0.15) is 11.6 Å². The van der Waals surface area contributed by atoms with Gasteiger partial charge in [0.2, 0.25) is 0 Å². The fourth-order valence-electron chi connectivity index (χ4n) is 1.78. The van der Waals surface area contributed by atoms with Gasteiger partial charge in [-0.2, -0.15) is 0 Å². The van der Waals surface area contributed by atoms with E-state index >= 15 is 0 Å². The first kappa shape index (κ1) is 15.2. The summed E-state index contributed by atoms with van der Waals surface area (Å²) in [4.78, 5) is 11.8. The van der Waals surface area contributed by atoms with Gasteiger partial charge in [0.05, 0.1) is 12.7 Å². The van der Waals surface area contributed by atoms with Crippen molar-refractivity contribution >= 4 is 5.91 Å². The van der Waals surface area contributed by atoms with Crippen molar-refractivity contribution in [3.8, 4) is 11.3 Å². The number of rotatable bonds is 6. The summed E-state index contributed by atoms with van der Waals surface area (Å²) in [5.41, 5.74) is 0.676. The summed E-state index contributed by atoms with van der Waals surface area (Å²) in [6.45, 7) is 0.207. The smallest absolute Gasteiger partial charge is 0.287 e. The van der Waals surface area contributed by atoms with Crippen LogP contribution in [0.3, 0.4) is 0 Å². The molecule has 0 aliphatic heterocycles. The third-order valence-corrected chi connectivity index (χ3v) is 2.82. The fraction of sp³-hybridized carbons (Fsp3) is 0.267. The zero-order valence-electron chi connectivity index (χ0n) is 11.5. The van der Waals surface area contributed by atoms with Gasteiger partial charge in [-0.05, 0) is 36.4 Å². The van der Waals surface area contributed by atoms with Crippen LogP contribution in [-0.2, 0) is 4.74 Å². The second kappa shape index (κ2) is 7.01. The van der Waals surface area contributed by atoms with Crippen molar-refractivity contribution in [1.82, 2.24) is 5.32 Å². The SMILES string of the molecule is COCC(O)CNC(=O)c1ccc(-c2ccc(F)cc2)o1. The van der Waals surface area contributed by atoms with Crippen molar-refractivity contribution in [2.75, 3.05) is 20.3 Å². The van der Waals surface area contributed by atoms with Gasteiger partial charge in [-0.15, -0.1) is 0 Å². The molecule has 2 aromatic rings. The van der Waals surface area contributed by atoms with E-state index in [9.17, 15) is 14.3 Å². The molecule has 112 valence electrons. The van der Waals surface area contributed by atoms with Gasteiger partial charge >= 0.3 is 0 Å². The second-order valence-electron chi connectivity index (χ2n) is 4.49. The summed E-state index contributed by atoms with van der Waals surface area (Å²) in [5.74, 6) is -0.176. The maximum Gasteiger partial charge on any atom is 0.287 e. The molecular weight excluding hydrogens is 277 g/mol. The average Bonchev–Trinajstić information content (AvgIpc) is 2.96. The van der Waals surface area contributed by atoms with Gasteiger partial charge < -0.3 is 19.6 Å². The second-order valence-corrected chi connectivity index (χ2v) is 4.49. The van der Waals surface area contributed by atoms with Crippen LogP contribution in [-0.4, -0.2) is 37.4 Å². The van der Waals surface area contributed by atoms with Gasteiger partial charge in [-0.1, -0.05) is 0 Å². The minimum absolute atomic E-state index is 0.0687. The minimum atomic E-state index is -0.773. The molecule has 1 atom stereocenters. The Balaban J connectivity index is 1.99. The topological polar surface area (TPSA) is 71.7 Å². The molecule has 21 heavy (non-hydrogen) atoms. The maximum absolute atomic E-state index is 12.8. The molecule has 2 N–H and O–H groups in total. The number of aliphatic hydroxyl groups excluding tert-OH is 1.